The number of urea groups is 1. The summed E-state index contributed by atoms with van der Waals surface area (Å²) in [4.78, 5) is 14.2. The van der Waals surface area contributed by atoms with E-state index in [-0.39, 0.29) is 6.03 Å². The van der Waals surface area contributed by atoms with Crippen molar-refractivity contribution >= 4 is 26.1 Å². The first kappa shape index (κ1) is 18.9. The van der Waals surface area contributed by atoms with E-state index in [1.54, 1.807) is 21.9 Å². The minimum absolute atomic E-state index is 0.218. The molecule has 1 aliphatic rings. The van der Waals surface area contributed by atoms with E-state index < -0.39 is 0 Å². The molecule has 0 fully saturated rings. The van der Waals surface area contributed by atoms with Crippen LogP contribution in [-0.2, 0) is 20.1 Å². The molecule has 140 valence electrons. The van der Waals surface area contributed by atoms with Gasteiger partial charge in [-0.15, -0.1) is 9.24 Å². The number of carbonyl (C=O) groups is 1. The third kappa shape index (κ3) is 4.29. The number of hydrogen-bond donors (Lipinski definition) is 2. The summed E-state index contributed by atoms with van der Waals surface area (Å²) in [6, 6.07) is 7.95. The molecule has 1 aromatic carbocycles. The van der Waals surface area contributed by atoms with Gasteiger partial charge in [-0.3, -0.25) is 4.68 Å². The van der Waals surface area contributed by atoms with E-state index in [0.29, 0.717) is 24.5 Å². The van der Waals surface area contributed by atoms with E-state index in [1.165, 1.54) is 0 Å². The van der Waals surface area contributed by atoms with Crippen molar-refractivity contribution in [1.82, 2.24) is 20.0 Å². The maximum absolute atomic E-state index is 12.5. The van der Waals surface area contributed by atoms with Crippen molar-refractivity contribution in [3.8, 4) is 0 Å². The first-order chi connectivity index (χ1) is 12.8. The van der Waals surface area contributed by atoms with E-state index in [2.05, 4.69) is 38.4 Å². The highest BCUT2D eigenvalue weighted by molar-refractivity contribution is 7.27. The van der Waals surface area contributed by atoms with Crippen molar-refractivity contribution in [3.63, 3.8) is 0 Å². The van der Waals surface area contributed by atoms with E-state index >= 15 is 0 Å². The van der Waals surface area contributed by atoms with Crippen LogP contribution < -0.4 is 16.4 Å². The van der Waals surface area contributed by atoms with Crippen LogP contribution >= 0.6 is 9.24 Å². The third-order valence-electron chi connectivity index (χ3n) is 4.62. The first-order valence-electron chi connectivity index (χ1n) is 8.60. The zero-order valence-corrected chi connectivity index (χ0v) is 16.7. The summed E-state index contributed by atoms with van der Waals surface area (Å²) in [5.74, 6) is 0. The quantitative estimate of drug-likeness (QED) is 0.631. The predicted octanol–water partition coefficient (Wildman–Crippen LogP) is 2.41. The summed E-state index contributed by atoms with van der Waals surface area (Å²) < 4.78 is 1.79. The molecule has 6 nitrogen and oxygen atoms in total. The largest absolute Gasteiger partial charge is 0.397 e. The Bertz CT molecular complexity index is 940. The Kier molecular flexibility index (Phi) is 5.47. The number of nitrogens with zero attached hydrogens (tertiary/aromatic N) is 3. The summed E-state index contributed by atoms with van der Waals surface area (Å²) in [7, 11) is 4.54. The number of rotatable bonds is 4. The molecular weight excluding hydrogens is 357 g/mol. The van der Waals surface area contributed by atoms with Gasteiger partial charge in [0, 0.05) is 12.6 Å². The lowest BCUT2D eigenvalue weighted by molar-refractivity contribution is 0.200. The number of nitrogens with one attached hydrogen (secondary N) is 1. The van der Waals surface area contributed by atoms with Crippen molar-refractivity contribution in [2.45, 2.75) is 20.0 Å². The van der Waals surface area contributed by atoms with Crippen LogP contribution in [0.4, 0.5) is 4.79 Å². The highest BCUT2D eigenvalue weighted by Gasteiger charge is 2.26. The molecule has 2 aromatic rings. The Balaban J connectivity index is 1.60. The number of aryl methyl sites for hydroxylation is 1. The highest BCUT2D eigenvalue weighted by Crippen LogP contribution is 2.21. The van der Waals surface area contributed by atoms with Crippen molar-refractivity contribution in [3.05, 3.63) is 77.4 Å². The van der Waals surface area contributed by atoms with Gasteiger partial charge in [-0.05, 0) is 29.4 Å². The van der Waals surface area contributed by atoms with Crippen molar-refractivity contribution in [2.24, 2.45) is 12.8 Å². The fourth-order valence-electron chi connectivity index (χ4n) is 2.87. The van der Waals surface area contributed by atoms with Gasteiger partial charge in [0.15, 0.2) is 0 Å². The normalized spacial score (nSPS) is 14.3. The minimum atomic E-state index is -0.218. The van der Waals surface area contributed by atoms with Crippen molar-refractivity contribution in [2.75, 3.05) is 0 Å². The average molecular weight is 381 g/mol. The van der Waals surface area contributed by atoms with Crippen LogP contribution in [0, 0.1) is 0 Å². The zero-order chi connectivity index (χ0) is 19.6. The van der Waals surface area contributed by atoms with Gasteiger partial charge in [-0.25, -0.2) is 4.79 Å². The monoisotopic (exact) mass is 381 g/mol. The topological polar surface area (TPSA) is 76.2 Å². The predicted molar refractivity (Wildman–Crippen MR) is 112 cm³/mol. The van der Waals surface area contributed by atoms with Crippen LogP contribution in [0.3, 0.4) is 0 Å². The Labute approximate surface area is 161 Å². The molecule has 0 bridgehead atoms. The van der Waals surface area contributed by atoms with Gasteiger partial charge < -0.3 is 16.0 Å². The summed E-state index contributed by atoms with van der Waals surface area (Å²) in [6.07, 6.45) is 5.47. The van der Waals surface area contributed by atoms with E-state index in [1.807, 2.05) is 32.2 Å². The third-order valence-corrected chi connectivity index (χ3v) is 5.01. The van der Waals surface area contributed by atoms with E-state index in [9.17, 15) is 4.79 Å². The fourth-order valence-corrected chi connectivity index (χ4v) is 3.06. The molecular formula is C20H24N5OP. The average Bonchev–Trinajstić information content (AvgIpc) is 3.22. The number of amides is 2. The molecule has 0 saturated heterocycles. The molecule has 1 aliphatic heterocycles. The number of benzene rings is 1. The van der Waals surface area contributed by atoms with Gasteiger partial charge in [-0.2, -0.15) is 5.10 Å². The van der Waals surface area contributed by atoms with Gasteiger partial charge in [0.2, 0.25) is 0 Å². The van der Waals surface area contributed by atoms with Crippen LogP contribution in [-0.4, -0.2) is 20.7 Å². The van der Waals surface area contributed by atoms with Gasteiger partial charge in [0.1, 0.15) is 0 Å². The molecule has 0 saturated carbocycles. The van der Waals surface area contributed by atoms with Gasteiger partial charge >= 0.3 is 6.03 Å². The van der Waals surface area contributed by atoms with E-state index in [0.717, 1.165) is 27.7 Å². The molecule has 0 spiro atoms. The second-order valence-corrected chi connectivity index (χ2v) is 7.27. The number of hydrogen-bond acceptors (Lipinski definition) is 3. The van der Waals surface area contributed by atoms with Crippen LogP contribution in [0.25, 0.3) is 5.57 Å². The maximum Gasteiger partial charge on any atom is 0.322 e. The second-order valence-electron chi connectivity index (χ2n) is 6.60. The lowest BCUT2D eigenvalue weighted by atomic mass is 10.1. The first-order valence-corrected chi connectivity index (χ1v) is 9.18. The molecule has 1 unspecified atom stereocenters. The smallest absolute Gasteiger partial charge is 0.322 e. The van der Waals surface area contributed by atoms with Crippen LogP contribution in [0.5, 0.6) is 0 Å². The minimum Gasteiger partial charge on any atom is -0.397 e. The second kappa shape index (κ2) is 7.80. The highest BCUT2D eigenvalue weighted by atomic mass is 31.0. The molecule has 7 heteroatoms. The summed E-state index contributed by atoms with van der Waals surface area (Å²) in [6.45, 7) is 6.96. The van der Waals surface area contributed by atoms with Gasteiger partial charge in [0.25, 0.3) is 0 Å². The number of aromatic nitrogens is 2. The molecule has 3 N–H and O–H groups in total. The maximum atomic E-state index is 12.5. The Morgan fingerprint density at radius 1 is 1.30 bits per heavy atom. The van der Waals surface area contributed by atoms with Gasteiger partial charge in [0.05, 0.1) is 36.4 Å². The Morgan fingerprint density at radius 2 is 2.00 bits per heavy atom. The summed E-state index contributed by atoms with van der Waals surface area (Å²) >= 11 is 0. The Hall–Kier alpha value is -2.85. The molecule has 2 heterocycles. The number of allylic oxidation sites excluding steroid dienone is 3. The van der Waals surface area contributed by atoms with Crippen LogP contribution in [0.2, 0.25) is 0 Å². The lowest BCUT2D eigenvalue weighted by Gasteiger charge is -2.18. The Morgan fingerprint density at radius 3 is 2.67 bits per heavy atom. The molecule has 1 atom stereocenters. The summed E-state index contributed by atoms with van der Waals surface area (Å²) in [5.41, 5.74) is 11.2. The summed E-state index contributed by atoms with van der Waals surface area (Å²) in [5, 5.41) is 8.11. The van der Waals surface area contributed by atoms with Gasteiger partial charge in [-0.1, -0.05) is 36.9 Å². The lowest BCUT2D eigenvalue weighted by Crippen LogP contribution is -2.37. The molecule has 3 rings (SSSR count). The SMILES string of the molecule is C=C(NC(=O)N1Cc2cnn(C)c2C1)/C(N)=C\C=C(/C)c1ccc(P)cc1. The number of nitrogens with two attached hydrogens (primary N) is 1. The van der Waals surface area contributed by atoms with Crippen LogP contribution in [0.1, 0.15) is 23.7 Å². The molecule has 0 radical (unpaired) electrons. The molecule has 2 amide bonds. The van der Waals surface area contributed by atoms with Crippen molar-refractivity contribution < 1.29 is 4.79 Å². The number of fused-ring (bicyclic) bond motifs is 1. The standard InChI is InChI=1S/C20H24N5OP/c1-13(15-5-7-17(27)8-6-15)4-9-18(21)14(2)23-20(26)25-11-16-10-22-24(3)19(16)12-25/h4-10H,2,11-12,21,27H2,1,3H3,(H,23,26)/b13-4+,18-9+. The molecule has 1 aromatic heterocycles. The molecule has 27 heavy (non-hydrogen) atoms. The number of carbonyl (C=O) groups excluding carboxylic acids is 1. The molecule has 0 aliphatic carbocycles. The van der Waals surface area contributed by atoms with Crippen molar-refractivity contribution in [1.29, 1.82) is 0 Å². The fraction of sp³-hybridized carbons (Fsp3) is 0.200. The van der Waals surface area contributed by atoms with E-state index in [4.69, 9.17) is 5.73 Å². The zero-order valence-electron chi connectivity index (χ0n) is 15.6. The van der Waals surface area contributed by atoms with Crippen LogP contribution in [0.15, 0.2) is 60.6 Å².